The van der Waals surface area contributed by atoms with Crippen molar-refractivity contribution in [3.8, 4) is 0 Å². The van der Waals surface area contributed by atoms with Gasteiger partial charge in [0, 0.05) is 39.3 Å². The Morgan fingerprint density at radius 2 is 0.645 bits per heavy atom. The van der Waals surface area contributed by atoms with E-state index in [-0.39, 0.29) is 52.8 Å². The number of hydrogen-bond donors (Lipinski definition) is 2. The van der Waals surface area contributed by atoms with Gasteiger partial charge >= 0.3 is 57.5 Å². The van der Waals surface area contributed by atoms with Gasteiger partial charge in [0.15, 0.2) is 0 Å². The number of carbonyl (C=O) groups is 1. The van der Waals surface area contributed by atoms with Gasteiger partial charge in [0.25, 0.3) is 0 Å². The number of carboxylic acid groups (broad SMARTS) is 2. The maximum Gasteiger partial charge on any atom is 1.00 e. The fourth-order valence-corrected chi connectivity index (χ4v) is 2.80. The van der Waals surface area contributed by atoms with Crippen LogP contribution in [-0.4, -0.2) is 145 Å². The first-order valence-electron chi connectivity index (χ1n) is 10.5. The number of hydrogen-bond acceptors (Lipinski definition) is 9. The third kappa shape index (κ3) is 22.2. The molecule has 180 valence electrons. The molecule has 0 spiro atoms. The van der Waals surface area contributed by atoms with E-state index in [0.29, 0.717) is 79.3 Å². The predicted octanol–water partition coefficient (Wildman–Crippen LogP) is -2.94. The second-order valence-electron chi connectivity index (χ2n) is 6.64. The van der Waals surface area contributed by atoms with Crippen molar-refractivity contribution in [2.45, 2.75) is 0 Å². The zero-order valence-electron chi connectivity index (χ0n) is 19.9. The molecular formula is C19H39KN2O9. The minimum absolute atomic E-state index is 0. The topological polar surface area (TPSA) is 119 Å². The number of rotatable bonds is 0. The van der Waals surface area contributed by atoms with E-state index in [2.05, 4.69) is 9.80 Å². The molecule has 2 N–H and O–H groups in total. The average Bonchev–Trinajstić information content (AvgIpc) is 2.70. The summed E-state index contributed by atoms with van der Waals surface area (Å²) in [4.78, 5) is 13.2. The SMILES string of the molecule is C1COCCN2CCOCCOCCN(CCO1)CCOCCOCC2.O=C(O)O.[H-].[K+]. The summed E-state index contributed by atoms with van der Waals surface area (Å²) in [6, 6.07) is 0. The fraction of sp³-hybridized carbons (Fsp3) is 0.947. The van der Waals surface area contributed by atoms with Crippen LogP contribution in [0.1, 0.15) is 1.43 Å². The molecule has 3 rings (SSSR count). The van der Waals surface area contributed by atoms with E-state index in [0.717, 1.165) is 39.3 Å². The standard InChI is InChI=1S/C18H36N2O6.CH2O3.K.H/c1-7-21-13-14-24-10-4-20-5-11-25-17-15-22-8-2-19(1)3-9-23-16-18-26-12-6-20;2-1(3)4;;/h1-18H2;(H2,2,3,4);;/q;;+1;-1. The van der Waals surface area contributed by atoms with Crippen LogP contribution in [0.15, 0.2) is 0 Å². The Bertz CT molecular complexity index is 335. The van der Waals surface area contributed by atoms with Gasteiger partial charge in [-0.25, -0.2) is 4.79 Å². The first-order valence-corrected chi connectivity index (χ1v) is 10.5. The van der Waals surface area contributed by atoms with E-state index in [4.69, 9.17) is 43.4 Å². The van der Waals surface area contributed by atoms with Gasteiger partial charge in [0.1, 0.15) is 0 Å². The van der Waals surface area contributed by atoms with E-state index in [9.17, 15) is 0 Å². The van der Waals surface area contributed by atoms with Crippen LogP contribution >= 0.6 is 0 Å². The van der Waals surface area contributed by atoms with Crippen molar-refractivity contribution >= 4 is 6.16 Å². The Hall–Kier alpha value is 0.586. The largest absolute Gasteiger partial charge is 1.00 e. The molecule has 3 saturated heterocycles. The maximum atomic E-state index is 8.56. The second kappa shape index (κ2) is 23.7. The molecule has 3 aliphatic heterocycles. The van der Waals surface area contributed by atoms with Crippen molar-refractivity contribution in [1.82, 2.24) is 9.80 Å². The van der Waals surface area contributed by atoms with Gasteiger partial charge in [-0.3, -0.25) is 9.80 Å². The molecule has 0 aliphatic carbocycles. The van der Waals surface area contributed by atoms with Crippen molar-refractivity contribution in [3.63, 3.8) is 0 Å². The molecule has 0 radical (unpaired) electrons. The monoisotopic (exact) mass is 478 g/mol. The molecule has 0 aromatic carbocycles. The Balaban J connectivity index is 0. The van der Waals surface area contributed by atoms with E-state index in [1.54, 1.807) is 0 Å². The average molecular weight is 479 g/mol. The number of ether oxygens (including phenoxy) is 6. The minimum Gasteiger partial charge on any atom is -1.00 e. The van der Waals surface area contributed by atoms with E-state index < -0.39 is 6.16 Å². The normalized spacial score (nSPS) is 26.3. The van der Waals surface area contributed by atoms with Gasteiger partial charge in [-0.2, -0.15) is 0 Å². The van der Waals surface area contributed by atoms with Gasteiger partial charge < -0.3 is 40.1 Å². The summed E-state index contributed by atoms with van der Waals surface area (Å²) in [5, 5.41) is 13.9. The summed E-state index contributed by atoms with van der Waals surface area (Å²) in [5.41, 5.74) is 0. The molecule has 0 saturated carbocycles. The fourth-order valence-electron chi connectivity index (χ4n) is 2.80. The van der Waals surface area contributed by atoms with Gasteiger partial charge in [-0.15, -0.1) is 0 Å². The van der Waals surface area contributed by atoms with E-state index >= 15 is 0 Å². The molecule has 2 bridgehead atoms. The molecule has 0 aromatic rings. The molecule has 12 heteroatoms. The number of fused-ring (bicyclic) bond motifs is 21. The summed E-state index contributed by atoms with van der Waals surface area (Å²) in [6.45, 7) is 13.2. The summed E-state index contributed by atoms with van der Waals surface area (Å²) in [7, 11) is 0. The van der Waals surface area contributed by atoms with Crippen LogP contribution in [0, 0.1) is 0 Å². The Kier molecular flexibility index (Phi) is 24.2. The first kappa shape index (κ1) is 31.6. The van der Waals surface area contributed by atoms with Gasteiger partial charge in [0.05, 0.1) is 79.3 Å². The van der Waals surface area contributed by atoms with E-state index in [1.165, 1.54) is 0 Å². The zero-order valence-corrected chi connectivity index (χ0v) is 22.0. The zero-order chi connectivity index (χ0) is 21.7. The van der Waals surface area contributed by atoms with Crippen LogP contribution in [0.25, 0.3) is 0 Å². The van der Waals surface area contributed by atoms with Crippen molar-refractivity contribution in [2.24, 2.45) is 0 Å². The molecular weight excluding hydrogens is 439 g/mol. The minimum atomic E-state index is -1.83. The van der Waals surface area contributed by atoms with Crippen LogP contribution in [0.4, 0.5) is 4.79 Å². The summed E-state index contributed by atoms with van der Waals surface area (Å²) >= 11 is 0. The second-order valence-corrected chi connectivity index (χ2v) is 6.64. The van der Waals surface area contributed by atoms with Gasteiger partial charge in [-0.05, 0) is 0 Å². The quantitative estimate of drug-likeness (QED) is 0.348. The van der Waals surface area contributed by atoms with Gasteiger partial charge in [-0.1, -0.05) is 0 Å². The summed E-state index contributed by atoms with van der Waals surface area (Å²) in [5.74, 6) is 0. The third-order valence-corrected chi connectivity index (χ3v) is 4.43. The molecule has 0 atom stereocenters. The first-order chi connectivity index (χ1) is 14.7. The van der Waals surface area contributed by atoms with Gasteiger partial charge in [0.2, 0.25) is 0 Å². The predicted molar refractivity (Wildman–Crippen MR) is 110 cm³/mol. The molecule has 3 aliphatic rings. The molecule has 3 heterocycles. The maximum absolute atomic E-state index is 8.56. The van der Waals surface area contributed by atoms with Crippen LogP contribution in [0.3, 0.4) is 0 Å². The number of nitrogens with zero attached hydrogens (tertiary/aromatic N) is 2. The Morgan fingerprint density at radius 3 is 0.806 bits per heavy atom. The molecule has 11 nitrogen and oxygen atoms in total. The molecule has 0 amide bonds. The van der Waals surface area contributed by atoms with E-state index in [1.807, 2.05) is 0 Å². The molecule has 31 heavy (non-hydrogen) atoms. The van der Waals surface area contributed by atoms with Crippen molar-refractivity contribution in [2.75, 3.05) is 119 Å². The Morgan fingerprint density at radius 1 is 0.484 bits per heavy atom. The molecule has 0 aromatic heterocycles. The van der Waals surface area contributed by atoms with Crippen molar-refractivity contribution in [3.05, 3.63) is 0 Å². The smallest absolute Gasteiger partial charge is 1.00 e. The Labute approximate surface area is 229 Å². The van der Waals surface area contributed by atoms with Crippen LogP contribution in [-0.2, 0) is 28.4 Å². The summed E-state index contributed by atoms with van der Waals surface area (Å²) in [6.07, 6.45) is -1.83. The third-order valence-electron chi connectivity index (χ3n) is 4.43. The van der Waals surface area contributed by atoms with Crippen LogP contribution in [0.2, 0.25) is 0 Å². The van der Waals surface area contributed by atoms with Crippen molar-refractivity contribution < 1.29 is 96.2 Å². The molecule has 3 fully saturated rings. The van der Waals surface area contributed by atoms with Crippen LogP contribution < -0.4 is 51.4 Å². The van der Waals surface area contributed by atoms with Crippen molar-refractivity contribution in [1.29, 1.82) is 0 Å². The summed E-state index contributed by atoms with van der Waals surface area (Å²) < 4.78 is 34.2. The molecule has 0 unspecified atom stereocenters. The van der Waals surface area contributed by atoms with Crippen LogP contribution in [0.5, 0.6) is 0 Å².